The van der Waals surface area contributed by atoms with Crippen LogP contribution in [0.5, 0.6) is 11.5 Å². The van der Waals surface area contributed by atoms with Crippen LogP contribution in [-0.4, -0.2) is 36.3 Å². The van der Waals surface area contributed by atoms with E-state index in [4.69, 9.17) is 21.1 Å². The summed E-state index contributed by atoms with van der Waals surface area (Å²) in [6, 6.07) is 10.9. The van der Waals surface area contributed by atoms with Gasteiger partial charge in [-0.3, -0.25) is 0 Å². The molecule has 1 heterocycles. The van der Waals surface area contributed by atoms with Crippen molar-refractivity contribution in [1.82, 2.24) is 9.97 Å². The van der Waals surface area contributed by atoms with Crippen LogP contribution in [0, 0.1) is 0 Å². The molecule has 0 aliphatic carbocycles. The van der Waals surface area contributed by atoms with E-state index in [-0.39, 0.29) is 6.61 Å². The van der Waals surface area contributed by atoms with Gasteiger partial charge in [0.2, 0.25) is 0 Å². The van der Waals surface area contributed by atoms with Crippen molar-refractivity contribution in [2.24, 2.45) is 0 Å². The molecule has 0 aliphatic heterocycles. The molecule has 3 aromatic rings. The minimum atomic E-state index is -0.460. The first-order chi connectivity index (χ1) is 12.1. The molecule has 0 radical (unpaired) electrons. The van der Waals surface area contributed by atoms with Gasteiger partial charge in [0.05, 0.1) is 24.3 Å². The van der Waals surface area contributed by atoms with Gasteiger partial charge in [-0.15, -0.1) is 0 Å². The second-order valence-corrected chi connectivity index (χ2v) is 5.59. The fraction of sp³-hybridized carbons (Fsp3) is 0.222. The van der Waals surface area contributed by atoms with Gasteiger partial charge in [-0.25, -0.2) is 9.78 Å². The molecule has 0 unspecified atom stereocenters. The molecule has 3 rings (SSSR count). The standard InChI is InChI=1S/C18H17ClN2O4/c1-3-24-15-9-11(7-8-14(15)25-10-16(22)23-2)18-20-13-6-4-5-12(19)17(13)21-18/h4-9H,3,10H2,1-2H3,(H,20,21). The predicted octanol–water partition coefficient (Wildman–Crippen LogP) is 3.83. The Balaban J connectivity index is 1.94. The molecular weight excluding hydrogens is 344 g/mol. The molecule has 1 N–H and O–H groups in total. The summed E-state index contributed by atoms with van der Waals surface area (Å²) in [5, 5.41) is 0.586. The van der Waals surface area contributed by atoms with Gasteiger partial charge < -0.3 is 19.2 Å². The number of rotatable bonds is 6. The van der Waals surface area contributed by atoms with E-state index in [2.05, 4.69) is 14.7 Å². The molecular formula is C18H17ClN2O4. The number of carbonyl (C=O) groups excluding carboxylic acids is 1. The van der Waals surface area contributed by atoms with Crippen molar-refractivity contribution in [2.45, 2.75) is 6.92 Å². The number of carbonyl (C=O) groups is 1. The number of aromatic nitrogens is 2. The fourth-order valence-corrected chi connectivity index (χ4v) is 2.59. The summed E-state index contributed by atoms with van der Waals surface area (Å²) in [5.41, 5.74) is 2.38. The molecule has 7 heteroatoms. The van der Waals surface area contributed by atoms with E-state index < -0.39 is 5.97 Å². The Labute approximate surface area is 149 Å². The number of esters is 1. The SMILES string of the molecule is CCOc1cc(-c2nc3c(Cl)cccc3[nH]2)ccc1OCC(=O)OC. The normalized spacial score (nSPS) is 10.7. The molecule has 0 spiro atoms. The minimum Gasteiger partial charge on any atom is -0.490 e. The third-order valence-corrected chi connectivity index (χ3v) is 3.86. The second-order valence-electron chi connectivity index (χ2n) is 5.18. The number of hydrogen-bond donors (Lipinski definition) is 1. The second kappa shape index (κ2) is 7.44. The average Bonchev–Trinajstić information content (AvgIpc) is 3.06. The van der Waals surface area contributed by atoms with E-state index in [1.54, 1.807) is 12.1 Å². The van der Waals surface area contributed by atoms with Crippen LogP contribution in [0.15, 0.2) is 36.4 Å². The molecule has 0 aliphatic rings. The van der Waals surface area contributed by atoms with Gasteiger partial charge in [-0.05, 0) is 37.3 Å². The first-order valence-corrected chi connectivity index (χ1v) is 8.11. The number of ether oxygens (including phenoxy) is 3. The highest BCUT2D eigenvalue weighted by atomic mass is 35.5. The Morgan fingerprint density at radius 3 is 2.76 bits per heavy atom. The van der Waals surface area contributed by atoms with Crippen molar-refractivity contribution in [3.63, 3.8) is 0 Å². The Kier molecular flexibility index (Phi) is 5.09. The van der Waals surface area contributed by atoms with Crippen LogP contribution in [0.3, 0.4) is 0 Å². The smallest absolute Gasteiger partial charge is 0.343 e. The van der Waals surface area contributed by atoms with Gasteiger partial charge in [-0.1, -0.05) is 17.7 Å². The maximum absolute atomic E-state index is 11.3. The number of methoxy groups -OCH3 is 1. The van der Waals surface area contributed by atoms with Gasteiger partial charge in [0.25, 0.3) is 0 Å². The largest absolute Gasteiger partial charge is 0.490 e. The molecule has 0 saturated carbocycles. The third kappa shape index (κ3) is 3.69. The van der Waals surface area contributed by atoms with Crippen LogP contribution in [0.2, 0.25) is 5.02 Å². The van der Waals surface area contributed by atoms with Gasteiger partial charge >= 0.3 is 5.97 Å². The summed E-state index contributed by atoms with van der Waals surface area (Å²) in [5.74, 6) is 1.20. The number of nitrogens with one attached hydrogen (secondary N) is 1. The highest BCUT2D eigenvalue weighted by Gasteiger charge is 2.13. The van der Waals surface area contributed by atoms with Crippen molar-refractivity contribution in [2.75, 3.05) is 20.3 Å². The van der Waals surface area contributed by atoms with E-state index in [1.165, 1.54) is 7.11 Å². The summed E-state index contributed by atoms with van der Waals surface area (Å²) >= 11 is 6.18. The topological polar surface area (TPSA) is 73.4 Å². The lowest BCUT2D eigenvalue weighted by Gasteiger charge is -2.12. The van der Waals surface area contributed by atoms with Crippen LogP contribution in [0.1, 0.15) is 6.92 Å². The van der Waals surface area contributed by atoms with Gasteiger partial charge in [0.15, 0.2) is 18.1 Å². The predicted molar refractivity (Wildman–Crippen MR) is 95.2 cm³/mol. The number of hydrogen-bond acceptors (Lipinski definition) is 5. The number of fused-ring (bicyclic) bond motifs is 1. The Morgan fingerprint density at radius 1 is 1.20 bits per heavy atom. The van der Waals surface area contributed by atoms with Crippen molar-refractivity contribution in [3.05, 3.63) is 41.4 Å². The maximum atomic E-state index is 11.3. The number of benzene rings is 2. The zero-order valence-corrected chi connectivity index (χ0v) is 14.6. The summed E-state index contributed by atoms with van der Waals surface area (Å²) < 4.78 is 15.7. The van der Waals surface area contributed by atoms with Crippen molar-refractivity contribution in [3.8, 4) is 22.9 Å². The van der Waals surface area contributed by atoms with E-state index in [0.29, 0.717) is 34.5 Å². The van der Waals surface area contributed by atoms with Crippen LogP contribution in [-0.2, 0) is 9.53 Å². The molecule has 2 aromatic carbocycles. The quantitative estimate of drug-likeness (QED) is 0.676. The molecule has 130 valence electrons. The lowest BCUT2D eigenvalue weighted by Crippen LogP contribution is -2.13. The fourth-order valence-electron chi connectivity index (χ4n) is 2.37. The van der Waals surface area contributed by atoms with Gasteiger partial charge in [-0.2, -0.15) is 0 Å². The first kappa shape index (κ1) is 17.1. The first-order valence-electron chi connectivity index (χ1n) is 7.73. The summed E-state index contributed by atoms with van der Waals surface area (Å²) in [4.78, 5) is 19.0. The van der Waals surface area contributed by atoms with E-state index in [0.717, 1.165) is 11.1 Å². The van der Waals surface area contributed by atoms with Crippen LogP contribution >= 0.6 is 11.6 Å². The molecule has 0 atom stereocenters. The van der Waals surface area contributed by atoms with E-state index >= 15 is 0 Å². The number of halogens is 1. The zero-order chi connectivity index (χ0) is 17.8. The van der Waals surface area contributed by atoms with Crippen molar-refractivity contribution in [1.29, 1.82) is 0 Å². The maximum Gasteiger partial charge on any atom is 0.343 e. The Bertz CT molecular complexity index is 907. The number of imidazole rings is 1. The highest BCUT2D eigenvalue weighted by Crippen LogP contribution is 2.33. The molecule has 0 fully saturated rings. The van der Waals surface area contributed by atoms with Crippen LogP contribution in [0.4, 0.5) is 0 Å². The average molecular weight is 361 g/mol. The van der Waals surface area contributed by atoms with E-state index in [1.807, 2.05) is 31.2 Å². The minimum absolute atomic E-state index is 0.184. The highest BCUT2D eigenvalue weighted by molar-refractivity contribution is 6.35. The number of H-pyrrole nitrogens is 1. The lowest BCUT2D eigenvalue weighted by atomic mass is 10.2. The van der Waals surface area contributed by atoms with Crippen molar-refractivity contribution < 1.29 is 19.0 Å². The molecule has 6 nitrogen and oxygen atoms in total. The van der Waals surface area contributed by atoms with E-state index in [9.17, 15) is 4.79 Å². The molecule has 0 amide bonds. The summed E-state index contributed by atoms with van der Waals surface area (Å²) in [7, 11) is 1.31. The third-order valence-electron chi connectivity index (χ3n) is 3.55. The molecule has 0 bridgehead atoms. The zero-order valence-electron chi connectivity index (χ0n) is 13.8. The molecule has 25 heavy (non-hydrogen) atoms. The molecule has 1 aromatic heterocycles. The Morgan fingerprint density at radius 2 is 2.04 bits per heavy atom. The monoisotopic (exact) mass is 360 g/mol. The summed E-state index contributed by atoms with van der Waals surface area (Å²) in [6.45, 7) is 2.15. The lowest BCUT2D eigenvalue weighted by molar-refractivity contribution is -0.142. The van der Waals surface area contributed by atoms with Crippen LogP contribution in [0.25, 0.3) is 22.4 Å². The van der Waals surface area contributed by atoms with Gasteiger partial charge in [0.1, 0.15) is 11.3 Å². The number of aromatic amines is 1. The van der Waals surface area contributed by atoms with Crippen molar-refractivity contribution >= 4 is 28.6 Å². The number of nitrogens with zero attached hydrogens (tertiary/aromatic N) is 1. The molecule has 0 saturated heterocycles. The van der Waals surface area contributed by atoms with Crippen LogP contribution < -0.4 is 9.47 Å². The van der Waals surface area contributed by atoms with Gasteiger partial charge in [0, 0.05) is 5.56 Å². The number of para-hydroxylation sites is 1. The Hall–Kier alpha value is -2.73. The summed E-state index contributed by atoms with van der Waals surface area (Å²) in [6.07, 6.45) is 0.